The van der Waals surface area contributed by atoms with Crippen LogP contribution in [0.1, 0.15) is 31.8 Å². The molecule has 0 spiro atoms. The average Bonchev–Trinajstić information content (AvgIpc) is 2.89. The minimum Gasteiger partial charge on any atom is -0.331 e. The molecule has 0 saturated carbocycles. The van der Waals surface area contributed by atoms with Crippen molar-refractivity contribution in [2.24, 2.45) is 0 Å². The van der Waals surface area contributed by atoms with Gasteiger partial charge in [-0.15, -0.1) is 0 Å². The maximum absolute atomic E-state index is 13.3. The highest BCUT2D eigenvalue weighted by atomic mass is 19.4. The Bertz CT molecular complexity index is 843. The molecule has 0 N–H and O–H groups in total. The summed E-state index contributed by atoms with van der Waals surface area (Å²) in [6.45, 7) is 0. The van der Waals surface area contributed by atoms with Gasteiger partial charge in [0.2, 0.25) is 0 Å². The molecule has 25 heavy (non-hydrogen) atoms. The molecule has 1 amide bonds. The van der Waals surface area contributed by atoms with Crippen LogP contribution in [-0.4, -0.2) is 29.7 Å². The largest absolute Gasteiger partial charge is 0.416 e. The van der Waals surface area contributed by atoms with E-state index in [0.29, 0.717) is 11.1 Å². The lowest BCUT2D eigenvalue weighted by atomic mass is 10.1. The van der Waals surface area contributed by atoms with E-state index in [1.165, 1.54) is 30.1 Å². The molecule has 130 valence electrons. The Balaban J connectivity index is 1.81. The molecule has 3 rings (SSSR count). The van der Waals surface area contributed by atoms with E-state index in [-0.39, 0.29) is 17.8 Å². The number of carbonyl (C=O) groups is 2. The summed E-state index contributed by atoms with van der Waals surface area (Å²) in [6, 6.07) is 6.81. The standard InChI is InChI=1S/C18H13F4NO2/c1-23(15-9-11-8-13(19)6-7-14(11)16(15)24)17(25)10-2-4-12(5-3-10)18(20,21)22/h2-8,15H,9H2,1H3. The quantitative estimate of drug-likeness (QED) is 0.774. The molecule has 1 unspecified atom stereocenters. The van der Waals surface area contributed by atoms with Crippen molar-refractivity contribution in [2.45, 2.75) is 18.6 Å². The van der Waals surface area contributed by atoms with Crippen molar-refractivity contribution in [3.05, 3.63) is 70.5 Å². The molecular formula is C18H13F4NO2. The minimum absolute atomic E-state index is 0.0467. The van der Waals surface area contributed by atoms with Crippen LogP contribution < -0.4 is 0 Å². The summed E-state index contributed by atoms with van der Waals surface area (Å²) in [5.41, 5.74) is 0.0671. The summed E-state index contributed by atoms with van der Waals surface area (Å²) < 4.78 is 51.1. The zero-order chi connectivity index (χ0) is 18.4. The number of carbonyl (C=O) groups excluding carboxylic acids is 2. The van der Waals surface area contributed by atoms with Crippen molar-refractivity contribution in [1.29, 1.82) is 0 Å². The number of amides is 1. The predicted octanol–water partition coefficient (Wildman–Crippen LogP) is 3.72. The van der Waals surface area contributed by atoms with Crippen LogP contribution in [0.3, 0.4) is 0 Å². The Labute approximate surface area is 140 Å². The summed E-state index contributed by atoms with van der Waals surface area (Å²) in [5, 5.41) is 0. The zero-order valence-electron chi connectivity index (χ0n) is 13.1. The lowest BCUT2D eigenvalue weighted by molar-refractivity contribution is -0.137. The summed E-state index contributed by atoms with van der Waals surface area (Å²) in [5.74, 6) is -1.35. The molecule has 1 atom stereocenters. The third-order valence-corrected chi connectivity index (χ3v) is 4.30. The first kappa shape index (κ1) is 17.1. The van der Waals surface area contributed by atoms with Crippen LogP contribution in [0.4, 0.5) is 17.6 Å². The van der Waals surface area contributed by atoms with E-state index < -0.39 is 29.5 Å². The molecule has 2 aromatic carbocycles. The lowest BCUT2D eigenvalue weighted by Gasteiger charge is -2.23. The maximum Gasteiger partial charge on any atom is 0.416 e. The Morgan fingerprint density at radius 3 is 2.36 bits per heavy atom. The van der Waals surface area contributed by atoms with Gasteiger partial charge < -0.3 is 4.90 Å². The number of hydrogen-bond acceptors (Lipinski definition) is 2. The van der Waals surface area contributed by atoms with Crippen molar-refractivity contribution >= 4 is 11.7 Å². The third kappa shape index (κ3) is 3.14. The van der Waals surface area contributed by atoms with Crippen molar-refractivity contribution < 1.29 is 27.2 Å². The van der Waals surface area contributed by atoms with Crippen LogP contribution in [0.25, 0.3) is 0 Å². The van der Waals surface area contributed by atoms with Crippen LogP contribution in [0.2, 0.25) is 0 Å². The van der Waals surface area contributed by atoms with Crippen LogP contribution in [0.5, 0.6) is 0 Å². The number of alkyl halides is 3. The van der Waals surface area contributed by atoms with Gasteiger partial charge in [-0.1, -0.05) is 0 Å². The fourth-order valence-electron chi connectivity index (χ4n) is 2.91. The van der Waals surface area contributed by atoms with E-state index in [0.717, 1.165) is 24.3 Å². The normalized spacial score (nSPS) is 16.7. The monoisotopic (exact) mass is 351 g/mol. The summed E-state index contributed by atoms with van der Waals surface area (Å²) >= 11 is 0. The molecule has 0 heterocycles. The second-order valence-electron chi connectivity index (χ2n) is 5.88. The molecule has 0 fully saturated rings. The van der Waals surface area contributed by atoms with Crippen LogP contribution in [-0.2, 0) is 12.6 Å². The van der Waals surface area contributed by atoms with Gasteiger partial charge in [0.05, 0.1) is 11.6 Å². The Hall–Kier alpha value is -2.70. The van der Waals surface area contributed by atoms with Crippen molar-refractivity contribution in [3.8, 4) is 0 Å². The van der Waals surface area contributed by atoms with E-state index in [4.69, 9.17) is 0 Å². The minimum atomic E-state index is -4.49. The smallest absolute Gasteiger partial charge is 0.331 e. The number of halogens is 4. The van der Waals surface area contributed by atoms with E-state index in [2.05, 4.69) is 0 Å². The summed E-state index contributed by atoms with van der Waals surface area (Å²) in [6.07, 6.45) is -4.31. The van der Waals surface area contributed by atoms with Gasteiger partial charge in [-0.3, -0.25) is 9.59 Å². The predicted molar refractivity (Wildman–Crippen MR) is 81.8 cm³/mol. The van der Waals surface area contributed by atoms with Gasteiger partial charge in [-0.05, 0) is 48.0 Å². The first-order valence-electron chi connectivity index (χ1n) is 7.45. The van der Waals surface area contributed by atoms with Gasteiger partial charge in [-0.2, -0.15) is 13.2 Å². The number of fused-ring (bicyclic) bond motifs is 1. The fourth-order valence-corrected chi connectivity index (χ4v) is 2.91. The average molecular weight is 351 g/mol. The molecule has 1 aliphatic carbocycles. The number of nitrogens with zero attached hydrogens (tertiary/aromatic N) is 1. The van der Waals surface area contributed by atoms with Gasteiger partial charge >= 0.3 is 6.18 Å². The Morgan fingerprint density at radius 2 is 1.76 bits per heavy atom. The first-order valence-corrected chi connectivity index (χ1v) is 7.45. The molecule has 0 aliphatic heterocycles. The number of hydrogen-bond donors (Lipinski definition) is 0. The lowest BCUT2D eigenvalue weighted by Crippen LogP contribution is -2.40. The van der Waals surface area contributed by atoms with Gasteiger partial charge in [0, 0.05) is 24.6 Å². The highest BCUT2D eigenvalue weighted by molar-refractivity contribution is 6.07. The number of ketones is 1. The fraction of sp³-hybridized carbons (Fsp3) is 0.222. The molecule has 3 nitrogen and oxygen atoms in total. The molecular weight excluding hydrogens is 338 g/mol. The SMILES string of the molecule is CN(C(=O)c1ccc(C(F)(F)F)cc1)C1Cc2cc(F)ccc2C1=O. The van der Waals surface area contributed by atoms with E-state index in [1.54, 1.807) is 0 Å². The van der Waals surface area contributed by atoms with Crippen LogP contribution >= 0.6 is 0 Å². The van der Waals surface area contributed by atoms with E-state index in [1.807, 2.05) is 0 Å². The number of benzene rings is 2. The summed E-state index contributed by atoms with van der Waals surface area (Å²) in [7, 11) is 1.41. The molecule has 0 bridgehead atoms. The highest BCUT2D eigenvalue weighted by Gasteiger charge is 2.36. The van der Waals surface area contributed by atoms with E-state index in [9.17, 15) is 27.2 Å². The highest BCUT2D eigenvalue weighted by Crippen LogP contribution is 2.30. The first-order chi connectivity index (χ1) is 11.7. The van der Waals surface area contributed by atoms with Gasteiger partial charge in [0.25, 0.3) is 5.91 Å². The summed E-state index contributed by atoms with van der Waals surface area (Å²) in [4.78, 5) is 26.1. The third-order valence-electron chi connectivity index (χ3n) is 4.30. The molecule has 1 aliphatic rings. The van der Waals surface area contributed by atoms with Crippen molar-refractivity contribution in [2.75, 3.05) is 7.05 Å². The number of Topliss-reactive ketones (excluding diaryl/α,β-unsaturated/α-hetero) is 1. The number of likely N-dealkylation sites (N-methyl/N-ethyl adjacent to an activating group) is 1. The van der Waals surface area contributed by atoms with Gasteiger partial charge in [-0.25, -0.2) is 4.39 Å². The molecule has 0 radical (unpaired) electrons. The maximum atomic E-state index is 13.3. The van der Waals surface area contributed by atoms with E-state index >= 15 is 0 Å². The Kier molecular flexibility index (Phi) is 4.10. The number of rotatable bonds is 2. The Morgan fingerprint density at radius 1 is 1.12 bits per heavy atom. The zero-order valence-corrected chi connectivity index (χ0v) is 13.1. The molecule has 0 aromatic heterocycles. The molecule has 7 heteroatoms. The second kappa shape index (κ2) is 5.98. The van der Waals surface area contributed by atoms with Crippen LogP contribution in [0.15, 0.2) is 42.5 Å². The topological polar surface area (TPSA) is 37.4 Å². The molecule has 2 aromatic rings. The second-order valence-corrected chi connectivity index (χ2v) is 5.88. The van der Waals surface area contributed by atoms with Crippen molar-refractivity contribution in [3.63, 3.8) is 0 Å². The van der Waals surface area contributed by atoms with Gasteiger partial charge in [0.1, 0.15) is 5.82 Å². The van der Waals surface area contributed by atoms with Gasteiger partial charge in [0.15, 0.2) is 5.78 Å². The van der Waals surface area contributed by atoms with Crippen molar-refractivity contribution in [1.82, 2.24) is 4.90 Å². The van der Waals surface area contributed by atoms with Crippen LogP contribution in [0, 0.1) is 5.82 Å². The molecule has 0 saturated heterocycles.